The van der Waals surface area contributed by atoms with E-state index in [1.807, 2.05) is 28.8 Å². The van der Waals surface area contributed by atoms with Crippen molar-refractivity contribution in [2.45, 2.75) is 33.1 Å². The summed E-state index contributed by atoms with van der Waals surface area (Å²) in [7, 11) is 1.66. The minimum atomic E-state index is 0.206. The Bertz CT molecular complexity index is 1080. The van der Waals surface area contributed by atoms with Crippen LogP contribution in [0.3, 0.4) is 0 Å². The van der Waals surface area contributed by atoms with Gasteiger partial charge in [0.2, 0.25) is 4.96 Å². The first-order valence-corrected chi connectivity index (χ1v) is 10.3. The second kappa shape index (κ2) is 7.72. The summed E-state index contributed by atoms with van der Waals surface area (Å²) in [4.78, 5) is 0.802. The lowest BCUT2D eigenvalue weighted by atomic mass is 9.97. The molecule has 0 aliphatic carbocycles. The van der Waals surface area contributed by atoms with Gasteiger partial charge in [0.1, 0.15) is 10.8 Å². The average Bonchev–Trinajstić information content (AvgIpc) is 3.28. The van der Waals surface area contributed by atoms with E-state index in [-0.39, 0.29) is 5.92 Å². The van der Waals surface area contributed by atoms with Gasteiger partial charge in [0.05, 0.1) is 7.11 Å². The molecule has 0 saturated carbocycles. The van der Waals surface area contributed by atoms with Crippen LogP contribution in [0.15, 0.2) is 48.5 Å². The topological polar surface area (TPSA) is 52.3 Å². The van der Waals surface area contributed by atoms with Crippen LogP contribution in [0.4, 0.5) is 0 Å². The molecule has 0 saturated heterocycles. The zero-order valence-corrected chi connectivity index (χ0v) is 17.4. The molecule has 2 aromatic carbocycles. The largest absolute Gasteiger partial charge is 0.497 e. The molecule has 144 valence electrons. The molecule has 4 aromatic rings. The summed E-state index contributed by atoms with van der Waals surface area (Å²) in [6.45, 7) is 6.68. The minimum Gasteiger partial charge on any atom is -0.497 e. The van der Waals surface area contributed by atoms with Gasteiger partial charge >= 0.3 is 0 Å². The second-order valence-electron chi connectivity index (χ2n) is 7.45. The summed E-state index contributed by atoms with van der Waals surface area (Å²) >= 11 is 1.59. The molecule has 4 rings (SSSR count). The van der Waals surface area contributed by atoms with Crippen molar-refractivity contribution in [1.82, 2.24) is 19.8 Å². The molecule has 0 unspecified atom stereocenters. The van der Waals surface area contributed by atoms with Crippen LogP contribution in [-0.4, -0.2) is 26.9 Å². The van der Waals surface area contributed by atoms with Gasteiger partial charge in [0.15, 0.2) is 5.82 Å². The SMILES string of the molecule is COc1cccc(-c2nnc3sc([C@@H](C)c4ccc(CC(C)C)cc4)nn23)c1. The van der Waals surface area contributed by atoms with Crippen LogP contribution in [0.1, 0.15) is 42.8 Å². The highest BCUT2D eigenvalue weighted by Gasteiger charge is 2.18. The van der Waals surface area contributed by atoms with Gasteiger partial charge in [-0.05, 0) is 35.6 Å². The fourth-order valence-corrected chi connectivity index (χ4v) is 4.22. The van der Waals surface area contributed by atoms with E-state index >= 15 is 0 Å². The Morgan fingerprint density at radius 3 is 2.54 bits per heavy atom. The molecular formula is C22H24N4OS. The summed E-state index contributed by atoms with van der Waals surface area (Å²) in [5, 5.41) is 14.5. The van der Waals surface area contributed by atoms with E-state index in [2.05, 4.69) is 55.2 Å². The number of hydrogen-bond donors (Lipinski definition) is 0. The minimum absolute atomic E-state index is 0.206. The Kier molecular flexibility index (Phi) is 5.13. The van der Waals surface area contributed by atoms with E-state index in [9.17, 15) is 0 Å². The highest BCUT2D eigenvalue weighted by Crippen LogP contribution is 2.30. The molecule has 0 amide bonds. The summed E-state index contributed by atoms with van der Waals surface area (Å²) in [6, 6.07) is 16.7. The Morgan fingerprint density at radius 2 is 1.82 bits per heavy atom. The van der Waals surface area contributed by atoms with Crippen LogP contribution in [0, 0.1) is 5.92 Å². The quantitative estimate of drug-likeness (QED) is 0.452. The van der Waals surface area contributed by atoms with Crippen molar-refractivity contribution in [3.8, 4) is 17.1 Å². The average molecular weight is 393 g/mol. The molecule has 0 bridgehead atoms. The second-order valence-corrected chi connectivity index (χ2v) is 8.44. The summed E-state index contributed by atoms with van der Waals surface area (Å²) in [5.41, 5.74) is 3.58. The molecular weight excluding hydrogens is 368 g/mol. The number of fused-ring (bicyclic) bond motifs is 1. The van der Waals surface area contributed by atoms with Crippen molar-refractivity contribution in [2.75, 3.05) is 7.11 Å². The van der Waals surface area contributed by atoms with Crippen molar-refractivity contribution in [1.29, 1.82) is 0 Å². The van der Waals surface area contributed by atoms with Crippen LogP contribution >= 0.6 is 11.3 Å². The number of nitrogens with zero attached hydrogens (tertiary/aromatic N) is 4. The molecule has 0 spiro atoms. The smallest absolute Gasteiger partial charge is 0.234 e. The van der Waals surface area contributed by atoms with E-state index in [1.54, 1.807) is 18.4 Å². The highest BCUT2D eigenvalue weighted by atomic mass is 32.1. The Hall–Kier alpha value is -2.73. The maximum absolute atomic E-state index is 5.32. The van der Waals surface area contributed by atoms with Gasteiger partial charge in [-0.15, -0.1) is 10.2 Å². The lowest BCUT2D eigenvalue weighted by Gasteiger charge is -2.10. The monoisotopic (exact) mass is 392 g/mol. The molecule has 0 fully saturated rings. The van der Waals surface area contributed by atoms with E-state index in [1.165, 1.54) is 11.1 Å². The summed E-state index contributed by atoms with van der Waals surface area (Å²) in [6.07, 6.45) is 1.11. The van der Waals surface area contributed by atoms with Crippen molar-refractivity contribution in [3.05, 3.63) is 64.7 Å². The van der Waals surface area contributed by atoms with Crippen LogP contribution < -0.4 is 4.74 Å². The third-order valence-corrected chi connectivity index (χ3v) is 5.91. The predicted molar refractivity (Wildman–Crippen MR) is 113 cm³/mol. The van der Waals surface area contributed by atoms with Crippen molar-refractivity contribution in [3.63, 3.8) is 0 Å². The van der Waals surface area contributed by atoms with E-state index in [0.717, 1.165) is 33.5 Å². The predicted octanol–water partition coefficient (Wildman–Crippen LogP) is 5.21. The Labute approximate surface area is 169 Å². The van der Waals surface area contributed by atoms with Gasteiger partial charge in [0, 0.05) is 11.5 Å². The molecule has 28 heavy (non-hydrogen) atoms. The van der Waals surface area contributed by atoms with Crippen molar-refractivity contribution < 1.29 is 4.74 Å². The van der Waals surface area contributed by atoms with Crippen molar-refractivity contribution >= 4 is 16.3 Å². The first-order valence-electron chi connectivity index (χ1n) is 9.50. The van der Waals surface area contributed by atoms with Gasteiger partial charge in [-0.1, -0.05) is 68.5 Å². The van der Waals surface area contributed by atoms with Gasteiger partial charge in [-0.25, -0.2) is 0 Å². The third kappa shape index (κ3) is 3.64. The normalized spacial score (nSPS) is 12.6. The maximum Gasteiger partial charge on any atom is 0.234 e. The molecule has 0 radical (unpaired) electrons. The summed E-state index contributed by atoms with van der Waals surface area (Å²) in [5.74, 6) is 2.39. The molecule has 0 aliphatic rings. The zero-order chi connectivity index (χ0) is 19.7. The molecule has 5 nitrogen and oxygen atoms in total. The third-order valence-electron chi connectivity index (χ3n) is 4.83. The standard InChI is InChI=1S/C22H24N4OS/c1-14(2)12-16-8-10-17(11-9-16)15(3)21-25-26-20(23-24-22(26)28-21)18-6-5-7-19(13-18)27-4/h5-11,13-15H,12H2,1-4H3/t15-/m0/s1. The molecule has 6 heteroatoms. The lowest BCUT2D eigenvalue weighted by molar-refractivity contribution is 0.415. The fraction of sp³-hybridized carbons (Fsp3) is 0.318. The van der Waals surface area contributed by atoms with E-state index in [4.69, 9.17) is 9.84 Å². The Balaban J connectivity index is 1.64. The first-order chi connectivity index (χ1) is 13.5. The first kappa shape index (κ1) is 18.6. The van der Waals surface area contributed by atoms with Gasteiger partial charge < -0.3 is 4.74 Å². The van der Waals surface area contributed by atoms with Crippen LogP contribution in [0.2, 0.25) is 0 Å². The van der Waals surface area contributed by atoms with Crippen LogP contribution in [0.5, 0.6) is 5.75 Å². The maximum atomic E-state index is 5.32. The Morgan fingerprint density at radius 1 is 1.04 bits per heavy atom. The van der Waals surface area contributed by atoms with Gasteiger partial charge in [0.25, 0.3) is 0 Å². The van der Waals surface area contributed by atoms with E-state index in [0.29, 0.717) is 5.92 Å². The molecule has 2 heterocycles. The number of benzene rings is 2. The molecule has 1 atom stereocenters. The van der Waals surface area contributed by atoms with E-state index < -0.39 is 0 Å². The van der Waals surface area contributed by atoms with Crippen molar-refractivity contribution in [2.24, 2.45) is 5.92 Å². The van der Waals surface area contributed by atoms with Crippen LogP contribution in [-0.2, 0) is 6.42 Å². The number of methoxy groups -OCH3 is 1. The molecule has 0 N–H and O–H groups in total. The fourth-order valence-electron chi connectivity index (χ4n) is 3.31. The van der Waals surface area contributed by atoms with Gasteiger partial charge in [-0.3, -0.25) is 0 Å². The number of hydrogen-bond acceptors (Lipinski definition) is 5. The summed E-state index contributed by atoms with van der Waals surface area (Å²) < 4.78 is 7.16. The molecule has 2 aromatic heterocycles. The zero-order valence-electron chi connectivity index (χ0n) is 16.6. The lowest BCUT2D eigenvalue weighted by Crippen LogP contribution is -1.99. The highest BCUT2D eigenvalue weighted by molar-refractivity contribution is 7.16. The number of aromatic nitrogens is 4. The number of rotatable bonds is 6. The van der Waals surface area contributed by atoms with Gasteiger partial charge in [-0.2, -0.15) is 9.61 Å². The molecule has 0 aliphatic heterocycles. The number of ether oxygens (including phenoxy) is 1. The van der Waals surface area contributed by atoms with Crippen LogP contribution in [0.25, 0.3) is 16.3 Å².